The highest BCUT2D eigenvalue weighted by Crippen LogP contribution is 2.42. The summed E-state index contributed by atoms with van der Waals surface area (Å²) in [6, 6.07) is 3.63. The minimum atomic E-state index is -4.50. The van der Waals surface area contributed by atoms with Gasteiger partial charge in [0, 0.05) is 31.8 Å². The Morgan fingerprint density at radius 3 is 2.78 bits per heavy atom. The monoisotopic (exact) mass is 523 g/mol. The van der Waals surface area contributed by atoms with Crippen molar-refractivity contribution in [2.75, 3.05) is 41.4 Å². The summed E-state index contributed by atoms with van der Waals surface area (Å²) < 4.78 is 44.5. The van der Waals surface area contributed by atoms with Gasteiger partial charge in [0.1, 0.15) is 30.0 Å². The number of pyridine rings is 2. The molecule has 2 aromatic rings. The largest absolute Gasteiger partial charge is 0.491 e. The number of ketones is 1. The number of Topliss-reactive ketones (excluding diaryl/α,β-unsaturated/α-hetero) is 1. The molecule has 3 N–H and O–H groups in total. The van der Waals surface area contributed by atoms with E-state index in [-0.39, 0.29) is 30.0 Å². The second kappa shape index (κ2) is 10.5. The van der Waals surface area contributed by atoms with Gasteiger partial charge in [-0.3, -0.25) is 15.0 Å². The number of aryl methyl sites for hydroxylation is 1. The van der Waals surface area contributed by atoms with Crippen LogP contribution in [0.1, 0.15) is 35.8 Å². The summed E-state index contributed by atoms with van der Waals surface area (Å²) in [5, 5.41) is 21.1. The van der Waals surface area contributed by atoms with E-state index in [0.29, 0.717) is 36.5 Å². The van der Waals surface area contributed by atoms with Crippen molar-refractivity contribution in [2.45, 2.75) is 45.0 Å². The highest BCUT2D eigenvalue weighted by Gasteiger charge is 2.42. The van der Waals surface area contributed by atoms with Gasteiger partial charge in [0.25, 0.3) is 0 Å². The molecular formula is C24H28F3N5O5. The molecular weight excluding hydrogens is 495 g/mol. The van der Waals surface area contributed by atoms with Crippen LogP contribution in [0.25, 0.3) is 0 Å². The van der Waals surface area contributed by atoms with E-state index in [0.717, 1.165) is 6.92 Å². The normalized spacial score (nSPS) is 18.3. The summed E-state index contributed by atoms with van der Waals surface area (Å²) in [7, 11) is 0. The highest BCUT2D eigenvalue weighted by molar-refractivity contribution is 6.05. The fourth-order valence-corrected chi connectivity index (χ4v) is 4.42. The molecule has 0 spiro atoms. The molecule has 2 aliphatic rings. The molecule has 0 radical (unpaired) electrons. The fraction of sp³-hybridized carbons (Fsp3) is 0.500. The van der Waals surface area contributed by atoms with Gasteiger partial charge in [-0.05, 0) is 31.0 Å². The molecule has 2 aromatic heterocycles. The summed E-state index contributed by atoms with van der Waals surface area (Å²) in [5.41, 5.74) is 1.18. The molecule has 2 bridgehead atoms. The second-order valence-corrected chi connectivity index (χ2v) is 9.28. The van der Waals surface area contributed by atoms with Gasteiger partial charge in [-0.15, -0.1) is 0 Å². The second-order valence-electron chi connectivity index (χ2n) is 9.28. The maximum absolute atomic E-state index is 13.4. The average molecular weight is 524 g/mol. The molecule has 1 fully saturated rings. The van der Waals surface area contributed by atoms with Crippen molar-refractivity contribution in [1.82, 2.24) is 9.97 Å². The first-order valence-electron chi connectivity index (χ1n) is 11.8. The Balaban J connectivity index is 1.59. The van der Waals surface area contributed by atoms with Gasteiger partial charge in [0.05, 0.1) is 24.3 Å². The quantitative estimate of drug-likeness (QED) is 0.451. The number of alkyl halides is 3. The summed E-state index contributed by atoms with van der Waals surface area (Å²) >= 11 is 0. The van der Waals surface area contributed by atoms with Crippen molar-refractivity contribution in [2.24, 2.45) is 5.92 Å². The first-order valence-corrected chi connectivity index (χ1v) is 11.8. The molecule has 4 rings (SSSR count). The lowest BCUT2D eigenvalue weighted by Gasteiger charge is -2.36. The van der Waals surface area contributed by atoms with E-state index < -0.39 is 43.0 Å². The van der Waals surface area contributed by atoms with Crippen LogP contribution >= 0.6 is 0 Å². The third-order valence-corrected chi connectivity index (χ3v) is 6.41. The van der Waals surface area contributed by atoms with Crippen LogP contribution in [0.4, 0.5) is 35.3 Å². The zero-order valence-corrected chi connectivity index (χ0v) is 20.3. The Morgan fingerprint density at radius 2 is 2.08 bits per heavy atom. The molecule has 0 aliphatic carbocycles. The molecule has 0 aromatic carbocycles. The van der Waals surface area contributed by atoms with Crippen LogP contribution in [-0.2, 0) is 0 Å². The number of carbonyl (C=O) groups is 2. The minimum Gasteiger partial charge on any atom is -0.491 e. The Morgan fingerprint density at radius 1 is 1.32 bits per heavy atom. The Kier molecular flexibility index (Phi) is 7.55. The number of aliphatic hydroxyl groups is 2. The number of amides is 2. The van der Waals surface area contributed by atoms with Crippen LogP contribution in [0.5, 0.6) is 5.75 Å². The predicted molar refractivity (Wildman–Crippen MR) is 128 cm³/mol. The molecule has 10 nitrogen and oxygen atoms in total. The third kappa shape index (κ3) is 5.77. The molecule has 0 unspecified atom stereocenters. The molecule has 13 heteroatoms. The first kappa shape index (κ1) is 26.6. The number of hydrogen-bond donors (Lipinski definition) is 3. The van der Waals surface area contributed by atoms with E-state index in [2.05, 4.69) is 20.2 Å². The standard InChI is InChI=1S/C24H28F3N5O5/c1-13-7-18(19(35)8-14(2)24(25,26)27)29-22-21(13)31-6-4-15(10-31)32(22)23(36)30-20-9-17(3-5-28-20)37-12-16(34)11-33/h3,5,7,9,14-16,33-34H,4,6,8,10-12H2,1-2H3,(H,28,30,36)/t14-,15-,16+/m0/s1. The summed E-state index contributed by atoms with van der Waals surface area (Å²) in [4.78, 5) is 38.1. The number of nitrogens with one attached hydrogen (secondary N) is 1. The van der Waals surface area contributed by atoms with Crippen LogP contribution in [-0.4, -0.2) is 76.6 Å². The number of ether oxygens (including phenoxy) is 1. The average Bonchev–Trinajstić information content (AvgIpc) is 3.24. The van der Waals surface area contributed by atoms with Crippen LogP contribution in [0.2, 0.25) is 0 Å². The van der Waals surface area contributed by atoms with Crippen LogP contribution in [0.3, 0.4) is 0 Å². The van der Waals surface area contributed by atoms with E-state index in [1.165, 1.54) is 29.3 Å². The van der Waals surface area contributed by atoms with Gasteiger partial charge in [0.2, 0.25) is 0 Å². The zero-order chi connectivity index (χ0) is 26.9. The van der Waals surface area contributed by atoms with Crippen molar-refractivity contribution in [3.63, 3.8) is 0 Å². The molecule has 1 saturated heterocycles. The van der Waals surface area contributed by atoms with Gasteiger partial charge in [-0.2, -0.15) is 13.2 Å². The number of nitrogens with zero attached hydrogens (tertiary/aromatic N) is 4. The molecule has 4 heterocycles. The minimum absolute atomic E-state index is 0.122. The highest BCUT2D eigenvalue weighted by atomic mass is 19.4. The number of aromatic nitrogens is 2. The Bertz CT molecular complexity index is 1180. The number of carbonyl (C=O) groups excluding carboxylic acids is 2. The topological polar surface area (TPSA) is 128 Å². The van der Waals surface area contributed by atoms with Crippen molar-refractivity contribution >= 4 is 29.1 Å². The van der Waals surface area contributed by atoms with E-state index in [9.17, 15) is 27.9 Å². The Hall–Kier alpha value is -3.45. The number of rotatable bonds is 8. The van der Waals surface area contributed by atoms with E-state index in [1.54, 1.807) is 6.92 Å². The molecule has 200 valence electrons. The van der Waals surface area contributed by atoms with Crippen molar-refractivity contribution in [3.05, 3.63) is 35.7 Å². The lowest BCUT2D eigenvalue weighted by atomic mass is 10.0. The van der Waals surface area contributed by atoms with Gasteiger partial charge < -0.3 is 19.8 Å². The lowest BCUT2D eigenvalue weighted by molar-refractivity contribution is -0.168. The summed E-state index contributed by atoms with van der Waals surface area (Å²) in [5.74, 6) is -1.89. The van der Waals surface area contributed by atoms with Crippen LogP contribution < -0.4 is 19.9 Å². The third-order valence-electron chi connectivity index (χ3n) is 6.41. The summed E-state index contributed by atoms with van der Waals surface area (Å²) in [6.07, 6.45) is -4.26. The maximum Gasteiger partial charge on any atom is 0.391 e. The van der Waals surface area contributed by atoms with Crippen molar-refractivity contribution in [3.8, 4) is 5.75 Å². The Labute approximate surface area is 211 Å². The maximum atomic E-state index is 13.4. The van der Waals surface area contributed by atoms with Crippen LogP contribution in [0, 0.1) is 12.8 Å². The SMILES string of the molecule is Cc1cc(C(=O)C[C@H](C)C(F)(F)F)nc2c1N1CC[C@@H](C1)N2C(=O)Nc1cc(OC[C@H](O)CO)ccn1. The van der Waals surface area contributed by atoms with Gasteiger partial charge in [-0.25, -0.2) is 14.8 Å². The van der Waals surface area contributed by atoms with Crippen LogP contribution in [0.15, 0.2) is 24.4 Å². The van der Waals surface area contributed by atoms with Crippen molar-refractivity contribution in [1.29, 1.82) is 0 Å². The van der Waals surface area contributed by atoms with E-state index >= 15 is 0 Å². The molecule has 2 amide bonds. The predicted octanol–water partition coefficient (Wildman–Crippen LogP) is 2.92. The van der Waals surface area contributed by atoms with Gasteiger partial charge in [-0.1, -0.05) is 6.92 Å². The molecule has 2 aliphatic heterocycles. The number of aliphatic hydroxyl groups excluding tert-OH is 2. The molecule has 0 saturated carbocycles. The number of urea groups is 1. The number of fused-ring (bicyclic) bond motifs is 4. The lowest BCUT2D eigenvalue weighted by Crippen LogP contribution is -2.48. The summed E-state index contributed by atoms with van der Waals surface area (Å²) in [6.45, 7) is 3.28. The number of hydrogen-bond acceptors (Lipinski definition) is 8. The first-order chi connectivity index (χ1) is 17.5. The zero-order valence-electron chi connectivity index (χ0n) is 20.3. The van der Waals surface area contributed by atoms with Gasteiger partial charge >= 0.3 is 12.2 Å². The fourth-order valence-electron chi connectivity index (χ4n) is 4.42. The van der Waals surface area contributed by atoms with Crippen molar-refractivity contribution < 1.29 is 37.7 Å². The number of anilines is 3. The van der Waals surface area contributed by atoms with E-state index in [4.69, 9.17) is 9.84 Å². The molecule has 37 heavy (non-hydrogen) atoms. The van der Waals surface area contributed by atoms with Gasteiger partial charge in [0.15, 0.2) is 11.6 Å². The number of halogens is 3. The van der Waals surface area contributed by atoms with E-state index in [1.807, 2.05) is 0 Å². The smallest absolute Gasteiger partial charge is 0.391 e. The molecule has 3 atom stereocenters.